The lowest BCUT2D eigenvalue weighted by atomic mass is 10.1. The number of benzene rings is 2. The van der Waals surface area contributed by atoms with Crippen LogP contribution in [-0.4, -0.2) is 24.9 Å². The van der Waals surface area contributed by atoms with Crippen LogP contribution in [0, 0.1) is 0 Å². The molecule has 0 fully saturated rings. The average Bonchev–Trinajstić information content (AvgIpc) is 2.55. The molecule has 1 amide bonds. The van der Waals surface area contributed by atoms with E-state index < -0.39 is 0 Å². The third kappa shape index (κ3) is 3.51. The van der Waals surface area contributed by atoms with Gasteiger partial charge in [-0.2, -0.15) is 0 Å². The fraction of sp³-hybridized carbons (Fsp3) is 0.222. The van der Waals surface area contributed by atoms with Crippen LogP contribution in [0.1, 0.15) is 22.8 Å². The van der Waals surface area contributed by atoms with E-state index in [1.165, 1.54) is 6.92 Å². The fourth-order valence-electron chi connectivity index (χ4n) is 2.46. The van der Waals surface area contributed by atoms with Gasteiger partial charge in [0.2, 0.25) is 5.91 Å². The highest BCUT2D eigenvalue weighted by Gasteiger charge is 2.19. The van der Waals surface area contributed by atoms with Crippen molar-refractivity contribution in [2.24, 2.45) is 0 Å². The number of anilines is 1. The van der Waals surface area contributed by atoms with E-state index in [1.807, 2.05) is 30.3 Å². The van der Waals surface area contributed by atoms with Crippen LogP contribution in [0.5, 0.6) is 11.5 Å². The minimum absolute atomic E-state index is 0.142. The summed E-state index contributed by atoms with van der Waals surface area (Å²) in [4.78, 5) is 24.1. The number of hydrogen-bond donors (Lipinski definition) is 1. The number of rotatable bonds is 4. The maximum absolute atomic E-state index is 12.2. The third-order valence-electron chi connectivity index (χ3n) is 3.54. The topological polar surface area (TPSA) is 64.6 Å². The lowest BCUT2D eigenvalue weighted by Crippen LogP contribution is -2.19. The molecule has 0 saturated carbocycles. The van der Waals surface area contributed by atoms with Gasteiger partial charge in [-0.25, -0.2) is 0 Å². The summed E-state index contributed by atoms with van der Waals surface area (Å²) >= 11 is 0. The maximum atomic E-state index is 12.2. The first-order chi connectivity index (χ1) is 11.1. The molecule has 1 heterocycles. The highest BCUT2D eigenvalue weighted by Crippen LogP contribution is 2.35. The molecular formula is C18H17NO4. The molecule has 118 valence electrons. The summed E-state index contributed by atoms with van der Waals surface area (Å²) in [5.41, 5.74) is 1.77. The second-order valence-corrected chi connectivity index (χ2v) is 5.31. The van der Waals surface area contributed by atoms with Crippen molar-refractivity contribution in [3.05, 3.63) is 53.6 Å². The summed E-state index contributed by atoms with van der Waals surface area (Å²) in [6.07, 6.45) is 0.243. The van der Waals surface area contributed by atoms with E-state index in [4.69, 9.17) is 9.47 Å². The Labute approximate surface area is 134 Å². The van der Waals surface area contributed by atoms with Crippen molar-refractivity contribution in [1.29, 1.82) is 0 Å². The number of hydrogen-bond acceptors (Lipinski definition) is 4. The Kier molecular flexibility index (Phi) is 4.28. The molecular weight excluding hydrogens is 294 g/mol. The molecule has 1 N–H and O–H groups in total. The molecule has 0 aliphatic carbocycles. The number of fused-ring (bicyclic) bond motifs is 1. The summed E-state index contributed by atoms with van der Waals surface area (Å²) in [6, 6.07) is 12.7. The van der Waals surface area contributed by atoms with Crippen molar-refractivity contribution in [2.45, 2.75) is 13.3 Å². The number of ketones is 1. The van der Waals surface area contributed by atoms with Crippen molar-refractivity contribution in [3.8, 4) is 11.5 Å². The number of carbonyl (C=O) groups excluding carboxylic acids is 2. The fourth-order valence-corrected chi connectivity index (χ4v) is 2.46. The second-order valence-electron chi connectivity index (χ2n) is 5.31. The lowest BCUT2D eigenvalue weighted by molar-refractivity contribution is -0.115. The molecule has 0 saturated heterocycles. The van der Waals surface area contributed by atoms with Crippen molar-refractivity contribution in [2.75, 3.05) is 18.5 Å². The lowest BCUT2D eigenvalue weighted by Gasteiger charge is -2.20. The van der Waals surface area contributed by atoms with Gasteiger partial charge >= 0.3 is 0 Å². The summed E-state index contributed by atoms with van der Waals surface area (Å²) in [6.45, 7) is 2.35. The molecule has 23 heavy (non-hydrogen) atoms. The summed E-state index contributed by atoms with van der Waals surface area (Å²) in [5.74, 6) is 0.742. The molecule has 1 aliphatic rings. The minimum atomic E-state index is -0.185. The Bertz CT molecular complexity index is 740. The Hall–Kier alpha value is -2.82. The second kappa shape index (κ2) is 6.52. The minimum Gasteiger partial charge on any atom is -0.486 e. The maximum Gasteiger partial charge on any atom is 0.228 e. The highest BCUT2D eigenvalue weighted by atomic mass is 16.6. The SMILES string of the molecule is CC(=O)c1cc2c(cc1NC(=O)Cc1ccccc1)OCCO2. The van der Waals surface area contributed by atoms with Crippen molar-refractivity contribution in [1.82, 2.24) is 0 Å². The quantitative estimate of drug-likeness (QED) is 0.882. The highest BCUT2D eigenvalue weighted by molar-refractivity contribution is 6.04. The van der Waals surface area contributed by atoms with Crippen molar-refractivity contribution >= 4 is 17.4 Å². The molecule has 1 aliphatic heterocycles. The van der Waals surface area contributed by atoms with Gasteiger partial charge in [-0.15, -0.1) is 0 Å². The third-order valence-corrected chi connectivity index (χ3v) is 3.54. The molecule has 5 heteroatoms. The average molecular weight is 311 g/mol. The molecule has 0 unspecified atom stereocenters. The summed E-state index contributed by atoms with van der Waals surface area (Å²) in [7, 11) is 0. The van der Waals surface area contributed by atoms with E-state index in [9.17, 15) is 9.59 Å². The number of carbonyl (C=O) groups is 2. The van der Waals surface area contributed by atoms with E-state index in [0.717, 1.165) is 5.56 Å². The van der Waals surface area contributed by atoms with Crippen LogP contribution < -0.4 is 14.8 Å². The van der Waals surface area contributed by atoms with Gasteiger partial charge < -0.3 is 14.8 Å². The summed E-state index contributed by atoms with van der Waals surface area (Å²) in [5, 5.41) is 2.80. The van der Waals surface area contributed by atoms with Gasteiger partial charge in [-0.1, -0.05) is 30.3 Å². The Morgan fingerprint density at radius 2 is 1.70 bits per heavy atom. The van der Waals surface area contributed by atoms with Crippen LogP contribution in [0.15, 0.2) is 42.5 Å². The molecule has 0 aromatic heterocycles. The zero-order valence-corrected chi connectivity index (χ0v) is 12.8. The number of nitrogens with one attached hydrogen (secondary N) is 1. The standard InChI is InChI=1S/C18H17NO4/c1-12(20)14-10-16-17(23-8-7-22-16)11-15(14)19-18(21)9-13-5-3-2-4-6-13/h2-6,10-11H,7-9H2,1H3,(H,19,21). The van der Waals surface area contributed by atoms with Gasteiger partial charge in [0, 0.05) is 11.6 Å². The van der Waals surface area contributed by atoms with Gasteiger partial charge in [-0.3, -0.25) is 9.59 Å². The molecule has 0 bridgehead atoms. The predicted molar refractivity (Wildman–Crippen MR) is 86.2 cm³/mol. The van der Waals surface area contributed by atoms with E-state index in [0.29, 0.717) is 36.0 Å². The molecule has 0 atom stereocenters. The monoisotopic (exact) mass is 311 g/mol. The first-order valence-corrected chi connectivity index (χ1v) is 7.42. The first kappa shape index (κ1) is 15.1. The smallest absolute Gasteiger partial charge is 0.228 e. The zero-order chi connectivity index (χ0) is 16.2. The van der Waals surface area contributed by atoms with Crippen LogP contribution in [-0.2, 0) is 11.2 Å². The van der Waals surface area contributed by atoms with Crippen LogP contribution in [0.3, 0.4) is 0 Å². The molecule has 0 spiro atoms. The van der Waals surface area contributed by atoms with Gasteiger partial charge in [0.1, 0.15) is 13.2 Å². The number of amides is 1. The molecule has 2 aromatic rings. The van der Waals surface area contributed by atoms with E-state index in [-0.39, 0.29) is 18.1 Å². The van der Waals surface area contributed by atoms with Crippen LogP contribution in [0.2, 0.25) is 0 Å². The Balaban J connectivity index is 1.83. The van der Waals surface area contributed by atoms with E-state index in [2.05, 4.69) is 5.32 Å². The van der Waals surface area contributed by atoms with E-state index >= 15 is 0 Å². The van der Waals surface area contributed by atoms with Gasteiger partial charge in [0.25, 0.3) is 0 Å². The Morgan fingerprint density at radius 1 is 1.04 bits per heavy atom. The van der Waals surface area contributed by atoms with Crippen molar-refractivity contribution < 1.29 is 19.1 Å². The number of Topliss-reactive ketones (excluding diaryl/α,β-unsaturated/α-hetero) is 1. The zero-order valence-electron chi connectivity index (χ0n) is 12.8. The predicted octanol–water partition coefficient (Wildman–Crippen LogP) is 2.84. The first-order valence-electron chi connectivity index (χ1n) is 7.42. The summed E-state index contributed by atoms with van der Waals surface area (Å²) < 4.78 is 11.0. The van der Waals surface area contributed by atoms with Crippen LogP contribution in [0.4, 0.5) is 5.69 Å². The van der Waals surface area contributed by atoms with Crippen LogP contribution >= 0.6 is 0 Å². The molecule has 0 radical (unpaired) electrons. The Morgan fingerprint density at radius 3 is 2.35 bits per heavy atom. The van der Waals surface area contributed by atoms with Gasteiger partial charge in [-0.05, 0) is 18.6 Å². The van der Waals surface area contributed by atoms with Crippen molar-refractivity contribution in [3.63, 3.8) is 0 Å². The van der Waals surface area contributed by atoms with Gasteiger partial charge in [0.05, 0.1) is 12.1 Å². The largest absolute Gasteiger partial charge is 0.486 e. The van der Waals surface area contributed by atoms with Crippen LogP contribution in [0.25, 0.3) is 0 Å². The van der Waals surface area contributed by atoms with E-state index in [1.54, 1.807) is 12.1 Å². The normalized spacial score (nSPS) is 12.6. The molecule has 3 rings (SSSR count). The molecule has 5 nitrogen and oxygen atoms in total. The van der Waals surface area contributed by atoms with Gasteiger partial charge in [0.15, 0.2) is 17.3 Å². The molecule has 2 aromatic carbocycles. The number of ether oxygens (including phenoxy) is 2.